The zero-order chi connectivity index (χ0) is 42.8. The van der Waals surface area contributed by atoms with Crippen LogP contribution >= 0.6 is 11.6 Å². The highest BCUT2D eigenvalue weighted by molar-refractivity contribution is 6.37. The number of pyridine rings is 1. The number of carbonyl (C=O) groups excluding carboxylic acids is 2. The number of hydrogen-bond acceptors (Lipinski definition) is 7. The molecule has 1 aliphatic heterocycles. The lowest BCUT2D eigenvalue weighted by Crippen LogP contribution is -2.35. The zero-order valence-electron chi connectivity index (χ0n) is 32.6. The molecule has 1 unspecified atom stereocenters. The van der Waals surface area contributed by atoms with Crippen molar-refractivity contribution in [2.75, 3.05) is 25.0 Å². The number of aryl methyl sites for hydroxylation is 1. The van der Waals surface area contributed by atoms with Gasteiger partial charge < -0.3 is 15.7 Å². The fourth-order valence-electron chi connectivity index (χ4n) is 8.39. The minimum atomic E-state index is -3.49. The normalized spacial score (nSPS) is 18.6. The number of nitrogens with one attached hydrogen (secondary N) is 2. The molecule has 0 spiro atoms. The molecule has 11 nitrogen and oxygen atoms in total. The summed E-state index contributed by atoms with van der Waals surface area (Å²) in [5, 5.41) is 25.0. The van der Waals surface area contributed by atoms with Crippen LogP contribution in [-0.4, -0.2) is 71.6 Å². The van der Waals surface area contributed by atoms with Crippen LogP contribution in [0, 0.1) is 29.4 Å². The van der Waals surface area contributed by atoms with Crippen LogP contribution < -0.4 is 10.6 Å². The summed E-state index contributed by atoms with van der Waals surface area (Å²) in [4.78, 5) is 34.0. The Balaban J connectivity index is 1.24. The number of aromatic nitrogens is 5. The quantitative estimate of drug-likeness (QED) is 0.0950. The molecule has 2 aliphatic carbocycles. The lowest BCUT2D eigenvalue weighted by atomic mass is 9.93. The van der Waals surface area contributed by atoms with E-state index in [9.17, 15) is 32.3 Å². The lowest BCUT2D eigenvalue weighted by Gasteiger charge is -2.23. The predicted octanol–water partition coefficient (Wildman–Crippen LogP) is 7.17. The molecule has 5 aromatic rings. The van der Waals surface area contributed by atoms with Crippen LogP contribution in [0.15, 0.2) is 42.5 Å². The Bertz CT molecular complexity index is 2590. The van der Waals surface area contributed by atoms with Crippen molar-refractivity contribution in [1.29, 1.82) is 0 Å². The number of halogens is 7. The van der Waals surface area contributed by atoms with Crippen molar-refractivity contribution in [3.8, 4) is 23.0 Å². The molecule has 2 aromatic carbocycles. The van der Waals surface area contributed by atoms with Crippen molar-refractivity contribution in [2.24, 2.45) is 13.0 Å². The van der Waals surface area contributed by atoms with Crippen LogP contribution in [0.1, 0.15) is 85.4 Å². The van der Waals surface area contributed by atoms with Crippen LogP contribution in [0.3, 0.4) is 0 Å². The van der Waals surface area contributed by atoms with Gasteiger partial charge in [-0.3, -0.25) is 23.9 Å². The fourth-order valence-corrected chi connectivity index (χ4v) is 8.63. The molecule has 3 N–H and O–H groups in total. The number of likely N-dealkylation sites (tertiary alicyclic amines) is 1. The van der Waals surface area contributed by atoms with Gasteiger partial charge in [-0.1, -0.05) is 23.6 Å². The first-order valence-corrected chi connectivity index (χ1v) is 19.7. The van der Waals surface area contributed by atoms with E-state index in [1.807, 2.05) is 4.90 Å². The summed E-state index contributed by atoms with van der Waals surface area (Å²) in [6.45, 7) is 3.78. The Morgan fingerprint density at radius 2 is 1.70 bits per heavy atom. The second-order valence-corrected chi connectivity index (χ2v) is 16.4. The number of fused-ring (bicyclic) bond motifs is 4. The Labute approximate surface area is 345 Å². The molecule has 0 bridgehead atoms. The van der Waals surface area contributed by atoms with Crippen molar-refractivity contribution in [3.63, 3.8) is 0 Å². The number of amides is 2. The van der Waals surface area contributed by atoms with E-state index in [1.165, 1.54) is 18.5 Å². The van der Waals surface area contributed by atoms with Gasteiger partial charge in [0.25, 0.3) is 12.3 Å². The van der Waals surface area contributed by atoms with Gasteiger partial charge in [-0.15, -0.1) is 0 Å². The molecule has 18 heteroatoms. The zero-order valence-corrected chi connectivity index (χ0v) is 33.4. The van der Waals surface area contributed by atoms with Gasteiger partial charge in [0, 0.05) is 35.7 Å². The third-order valence-corrected chi connectivity index (χ3v) is 11.3. The third kappa shape index (κ3) is 8.07. The van der Waals surface area contributed by atoms with Crippen molar-refractivity contribution >= 4 is 40.1 Å². The summed E-state index contributed by atoms with van der Waals surface area (Å²) in [6.07, 6.45) is -1.44. The predicted molar refractivity (Wildman–Crippen MR) is 209 cm³/mol. The first-order valence-electron chi connectivity index (χ1n) is 19.3. The van der Waals surface area contributed by atoms with Crippen molar-refractivity contribution in [1.82, 2.24) is 34.8 Å². The lowest BCUT2D eigenvalue weighted by molar-refractivity contribution is -0.123. The van der Waals surface area contributed by atoms with Gasteiger partial charge in [0.05, 0.1) is 34.2 Å². The van der Waals surface area contributed by atoms with Crippen molar-refractivity contribution in [2.45, 2.75) is 76.0 Å². The van der Waals surface area contributed by atoms with E-state index in [0.29, 0.717) is 32.8 Å². The molecule has 1 saturated carbocycles. The number of carbonyl (C=O) groups is 2. The summed E-state index contributed by atoms with van der Waals surface area (Å²) in [7, 11) is 1.64. The highest BCUT2D eigenvalue weighted by atomic mass is 35.5. The molecule has 3 atom stereocenters. The Kier molecular flexibility index (Phi) is 10.7. The minimum absolute atomic E-state index is 0.0338. The summed E-state index contributed by atoms with van der Waals surface area (Å²) >= 11 is 6.77. The number of alkyl halides is 4. The second kappa shape index (κ2) is 15.5. The van der Waals surface area contributed by atoms with E-state index in [4.69, 9.17) is 16.6 Å². The first kappa shape index (κ1) is 41.3. The molecule has 3 aromatic heterocycles. The average molecular weight is 853 g/mol. The van der Waals surface area contributed by atoms with Gasteiger partial charge in [0.1, 0.15) is 40.9 Å². The van der Waals surface area contributed by atoms with Gasteiger partial charge in [-0.2, -0.15) is 19.0 Å². The van der Waals surface area contributed by atoms with Crippen molar-refractivity contribution in [3.05, 3.63) is 93.0 Å². The highest BCUT2D eigenvalue weighted by Crippen LogP contribution is 2.68. The molecule has 2 amide bonds. The largest absolute Gasteiger partial charge is 0.378 e. The fraction of sp³-hybridized carbons (Fsp3) is 0.405. The Morgan fingerprint density at radius 3 is 2.38 bits per heavy atom. The minimum Gasteiger partial charge on any atom is -0.378 e. The van der Waals surface area contributed by atoms with E-state index in [1.54, 1.807) is 31.3 Å². The number of nitrogens with zero attached hydrogens (tertiary/aromatic N) is 6. The van der Waals surface area contributed by atoms with E-state index in [2.05, 4.69) is 32.7 Å². The van der Waals surface area contributed by atoms with E-state index in [-0.39, 0.29) is 58.6 Å². The summed E-state index contributed by atoms with van der Waals surface area (Å²) < 4.78 is 90.5. The van der Waals surface area contributed by atoms with Crippen LogP contribution in [0.5, 0.6) is 0 Å². The highest BCUT2D eigenvalue weighted by Gasteiger charge is 2.67. The number of hydrogen-bond donors (Lipinski definition) is 3. The standard InChI is InChI=1S/C42H39ClF6N8O3/c1-41(2,60)11-10-24-6-7-25(26-8-9-29(43)34-37(26)55(3)54-40(34)52-31(58)19-56-12-4-5-13-56)35(50-24)30(16-21-14-22(44)17-23(45)15-21)51-32(59)20-57-38-33(36(53-57)39(46)47)27-18-28(27)42(38,48)49/h6-9,14-15,17,27-28,30,39,60H,4-5,12-13,16,18-20H2,1-3H3,(H,51,59)(H,52,54,58)/t27-,28?,30-/m0/s1. The molecule has 8 rings (SSSR count). The maximum atomic E-state index is 15.5. The molecular formula is C42H39ClF6N8O3. The van der Waals surface area contributed by atoms with Crippen LogP contribution in [0.2, 0.25) is 5.02 Å². The van der Waals surface area contributed by atoms with Gasteiger partial charge in [-0.25, -0.2) is 22.5 Å². The molecule has 60 heavy (non-hydrogen) atoms. The molecule has 1 saturated heterocycles. The van der Waals surface area contributed by atoms with Crippen molar-refractivity contribution < 1.29 is 41.0 Å². The topological polar surface area (TPSA) is 130 Å². The summed E-state index contributed by atoms with van der Waals surface area (Å²) in [5.74, 6) is -2.81. The molecule has 0 radical (unpaired) electrons. The number of aliphatic hydroxyl groups is 1. The molecular weight excluding hydrogens is 814 g/mol. The van der Waals surface area contributed by atoms with Gasteiger partial charge in [0.2, 0.25) is 11.8 Å². The summed E-state index contributed by atoms with van der Waals surface area (Å²) in [5.41, 5.74) is -1.70. The van der Waals surface area contributed by atoms with E-state index in [0.717, 1.165) is 38.1 Å². The Hall–Kier alpha value is -5.44. The third-order valence-electron chi connectivity index (χ3n) is 11.0. The van der Waals surface area contributed by atoms with Crippen LogP contribution in [0.4, 0.5) is 32.2 Å². The number of rotatable bonds is 11. The summed E-state index contributed by atoms with van der Waals surface area (Å²) in [6, 6.07) is 7.95. The molecule has 3 aliphatic rings. The Morgan fingerprint density at radius 1 is 1.00 bits per heavy atom. The maximum Gasteiger partial charge on any atom is 0.293 e. The van der Waals surface area contributed by atoms with Gasteiger partial charge >= 0.3 is 0 Å². The van der Waals surface area contributed by atoms with Crippen LogP contribution in [0.25, 0.3) is 22.0 Å². The first-order chi connectivity index (χ1) is 28.4. The second-order valence-electron chi connectivity index (χ2n) is 16.0. The SMILES string of the molecule is Cn1nc(NC(=O)CN2CCCC2)c2c(Cl)ccc(-c3ccc(C#CC(C)(C)O)nc3[C@H](Cc3cc(F)cc(F)c3)NC(=O)Cn3nc(C(F)F)c4c3C(F)(F)C3C[C@H]43)c21. The average Bonchev–Trinajstić information content (AvgIpc) is 3.36. The smallest absolute Gasteiger partial charge is 0.293 e. The molecule has 4 heterocycles. The van der Waals surface area contributed by atoms with E-state index >= 15 is 8.78 Å². The van der Waals surface area contributed by atoms with Gasteiger partial charge in [0.15, 0.2) is 5.82 Å². The number of anilines is 1. The molecule has 314 valence electrons. The van der Waals surface area contributed by atoms with E-state index < -0.39 is 71.3 Å². The molecule has 2 fully saturated rings. The number of benzene rings is 2. The monoisotopic (exact) mass is 852 g/mol. The van der Waals surface area contributed by atoms with Gasteiger partial charge in [-0.05, 0) is 100 Å². The maximum absolute atomic E-state index is 15.5. The van der Waals surface area contributed by atoms with Crippen LogP contribution in [-0.2, 0) is 35.5 Å².